The molecular formula is C21H22N4O3S2. The van der Waals surface area contributed by atoms with E-state index < -0.39 is 10.0 Å². The molecule has 1 fully saturated rings. The number of hydrogen-bond donors (Lipinski definition) is 1. The van der Waals surface area contributed by atoms with Crippen molar-refractivity contribution in [3.63, 3.8) is 0 Å². The molecule has 30 heavy (non-hydrogen) atoms. The predicted octanol–water partition coefficient (Wildman–Crippen LogP) is 4.02. The molecule has 1 saturated heterocycles. The van der Waals surface area contributed by atoms with Gasteiger partial charge in [-0.3, -0.25) is 15.1 Å². The van der Waals surface area contributed by atoms with Crippen LogP contribution in [-0.4, -0.2) is 41.2 Å². The number of sulfonamides is 1. The first-order chi connectivity index (χ1) is 14.4. The quantitative estimate of drug-likeness (QED) is 0.644. The third-order valence-corrected chi connectivity index (χ3v) is 7.93. The lowest BCUT2D eigenvalue weighted by atomic mass is 10.1. The number of nitrogens with zero attached hydrogens (tertiary/aromatic N) is 3. The van der Waals surface area contributed by atoms with Gasteiger partial charge in [0, 0.05) is 41.5 Å². The second-order valence-electron chi connectivity index (χ2n) is 7.22. The van der Waals surface area contributed by atoms with Crippen molar-refractivity contribution in [2.24, 2.45) is 0 Å². The number of carbonyl (C=O) groups is 1. The zero-order valence-electron chi connectivity index (χ0n) is 16.5. The van der Waals surface area contributed by atoms with Crippen molar-refractivity contribution in [2.45, 2.75) is 37.1 Å². The van der Waals surface area contributed by atoms with Crippen molar-refractivity contribution in [1.29, 1.82) is 0 Å². The Labute approximate surface area is 179 Å². The summed E-state index contributed by atoms with van der Waals surface area (Å²) in [5.41, 5.74) is 1.98. The Morgan fingerprint density at radius 3 is 2.70 bits per heavy atom. The zero-order chi connectivity index (χ0) is 21.1. The molecule has 3 heterocycles. The highest BCUT2D eigenvalue weighted by atomic mass is 32.2. The number of hydrogen-bond acceptors (Lipinski definition) is 6. The van der Waals surface area contributed by atoms with Crippen LogP contribution in [0.2, 0.25) is 0 Å². The molecule has 1 aliphatic rings. The summed E-state index contributed by atoms with van der Waals surface area (Å²) in [6.07, 6.45) is 6.19. The smallest absolute Gasteiger partial charge is 0.257 e. The summed E-state index contributed by atoms with van der Waals surface area (Å²) in [5.74, 6) is -0.336. The number of anilines is 1. The van der Waals surface area contributed by atoms with Crippen LogP contribution in [0.25, 0.3) is 11.3 Å². The van der Waals surface area contributed by atoms with E-state index in [1.165, 1.54) is 35.6 Å². The Morgan fingerprint density at radius 2 is 2.00 bits per heavy atom. The minimum absolute atomic E-state index is 0.00867. The van der Waals surface area contributed by atoms with E-state index >= 15 is 0 Å². The van der Waals surface area contributed by atoms with Gasteiger partial charge in [0.15, 0.2) is 5.13 Å². The van der Waals surface area contributed by atoms with Crippen LogP contribution in [0.5, 0.6) is 0 Å². The van der Waals surface area contributed by atoms with E-state index in [0.717, 1.165) is 30.5 Å². The molecule has 3 aromatic rings. The highest BCUT2D eigenvalue weighted by molar-refractivity contribution is 7.89. The van der Waals surface area contributed by atoms with E-state index in [0.29, 0.717) is 17.2 Å². The average Bonchev–Trinajstić information content (AvgIpc) is 3.23. The molecule has 156 valence electrons. The maximum absolute atomic E-state index is 12.9. The Morgan fingerprint density at radius 1 is 1.20 bits per heavy atom. The van der Waals surface area contributed by atoms with Gasteiger partial charge in [0.1, 0.15) is 0 Å². The van der Waals surface area contributed by atoms with Gasteiger partial charge in [0.05, 0.1) is 10.6 Å². The lowest BCUT2D eigenvalue weighted by molar-refractivity contribution is 0.102. The highest BCUT2D eigenvalue weighted by Gasteiger charge is 2.30. The van der Waals surface area contributed by atoms with E-state index in [4.69, 9.17) is 0 Å². The summed E-state index contributed by atoms with van der Waals surface area (Å²) < 4.78 is 27.4. The molecule has 1 unspecified atom stereocenters. The van der Waals surface area contributed by atoms with Crippen LogP contribution in [0.15, 0.2) is 59.1 Å². The molecule has 1 aromatic carbocycles. The molecule has 0 aliphatic carbocycles. The van der Waals surface area contributed by atoms with Crippen molar-refractivity contribution in [3.05, 3.63) is 59.7 Å². The number of piperidine rings is 1. The third-order valence-electron chi connectivity index (χ3n) is 5.15. The van der Waals surface area contributed by atoms with Gasteiger partial charge in [-0.2, -0.15) is 4.31 Å². The fourth-order valence-electron chi connectivity index (χ4n) is 3.49. The Bertz CT molecular complexity index is 1130. The molecule has 1 amide bonds. The molecular weight excluding hydrogens is 420 g/mol. The maximum Gasteiger partial charge on any atom is 0.257 e. The monoisotopic (exact) mass is 442 g/mol. The van der Waals surface area contributed by atoms with Crippen LogP contribution < -0.4 is 5.32 Å². The number of aromatic nitrogens is 2. The summed E-state index contributed by atoms with van der Waals surface area (Å²) in [6.45, 7) is 2.47. The van der Waals surface area contributed by atoms with E-state index in [-0.39, 0.29) is 16.8 Å². The molecule has 9 heteroatoms. The number of carbonyl (C=O) groups excluding carboxylic acids is 1. The van der Waals surface area contributed by atoms with Gasteiger partial charge in [-0.1, -0.05) is 6.42 Å². The zero-order valence-corrected chi connectivity index (χ0v) is 18.1. The lowest BCUT2D eigenvalue weighted by Crippen LogP contribution is -2.41. The van der Waals surface area contributed by atoms with E-state index in [1.807, 2.05) is 24.4 Å². The van der Waals surface area contributed by atoms with Crippen LogP contribution in [-0.2, 0) is 10.0 Å². The van der Waals surface area contributed by atoms with Gasteiger partial charge in [0.25, 0.3) is 5.91 Å². The summed E-state index contributed by atoms with van der Waals surface area (Å²) in [5, 5.41) is 5.08. The second kappa shape index (κ2) is 8.63. The number of thiazole rings is 1. The van der Waals surface area contributed by atoms with Gasteiger partial charge < -0.3 is 0 Å². The SMILES string of the molecule is CC1CCCCN1S(=O)(=O)c1ccc(C(=O)Nc2nc(-c3cccnc3)cs2)cc1. The Balaban J connectivity index is 1.46. The van der Waals surface area contributed by atoms with Crippen molar-refractivity contribution in [2.75, 3.05) is 11.9 Å². The number of rotatable bonds is 5. The van der Waals surface area contributed by atoms with Gasteiger partial charge in [0.2, 0.25) is 10.0 Å². The molecule has 2 aromatic heterocycles. The molecule has 0 radical (unpaired) electrons. The fourth-order valence-corrected chi connectivity index (χ4v) is 5.90. The topological polar surface area (TPSA) is 92.3 Å². The van der Waals surface area contributed by atoms with Gasteiger partial charge >= 0.3 is 0 Å². The normalized spacial score (nSPS) is 17.6. The molecule has 1 atom stereocenters. The number of nitrogens with one attached hydrogen (secondary N) is 1. The highest BCUT2D eigenvalue weighted by Crippen LogP contribution is 2.26. The molecule has 1 aliphatic heterocycles. The van der Waals surface area contributed by atoms with Crippen molar-refractivity contribution in [3.8, 4) is 11.3 Å². The van der Waals surface area contributed by atoms with Crippen LogP contribution in [0, 0.1) is 0 Å². The standard InChI is InChI=1S/C21H22N4O3S2/c1-15-5-2-3-12-25(15)30(27,28)18-9-7-16(8-10-18)20(26)24-21-23-19(14-29-21)17-6-4-11-22-13-17/h4,6-11,13-15H,2-3,5,12H2,1H3,(H,23,24,26). The number of amides is 1. The maximum atomic E-state index is 12.9. The average molecular weight is 443 g/mol. The molecule has 4 rings (SSSR count). The molecule has 0 saturated carbocycles. The number of pyridine rings is 1. The van der Waals surface area contributed by atoms with Crippen molar-refractivity contribution >= 4 is 32.4 Å². The summed E-state index contributed by atoms with van der Waals surface area (Å²) in [6, 6.07) is 9.77. The van der Waals surface area contributed by atoms with Gasteiger partial charge in [-0.15, -0.1) is 11.3 Å². The minimum atomic E-state index is -3.55. The minimum Gasteiger partial charge on any atom is -0.298 e. The van der Waals surface area contributed by atoms with Crippen molar-refractivity contribution < 1.29 is 13.2 Å². The fraction of sp³-hybridized carbons (Fsp3) is 0.286. The first-order valence-electron chi connectivity index (χ1n) is 9.74. The van der Waals surface area contributed by atoms with E-state index in [1.54, 1.807) is 16.7 Å². The first-order valence-corrected chi connectivity index (χ1v) is 12.1. The predicted molar refractivity (Wildman–Crippen MR) is 117 cm³/mol. The molecule has 1 N–H and O–H groups in total. The first kappa shape index (κ1) is 20.6. The van der Waals surface area contributed by atoms with Crippen LogP contribution in [0.4, 0.5) is 5.13 Å². The lowest BCUT2D eigenvalue weighted by Gasteiger charge is -2.32. The second-order valence-corrected chi connectivity index (χ2v) is 9.97. The summed E-state index contributed by atoms with van der Waals surface area (Å²) in [7, 11) is -3.55. The molecule has 7 nitrogen and oxygen atoms in total. The van der Waals surface area contributed by atoms with Crippen LogP contribution in [0.3, 0.4) is 0 Å². The van der Waals surface area contributed by atoms with E-state index in [9.17, 15) is 13.2 Å². The van der Waals surface area contributed by atoms with E-state index in [2.05, 4.69) is 15.3 Å². The third kappa shape index (κ3) is 4.28. The van der Waals surface area contributed by atoms with Crippen LogP contribution >= 0.6 is 11.3 Å². The van der Waals surface area contributed by atoms with Crippen molar-refractivity contribution in [1.82, 2.24) is 14.3 Å². The van der Waals surface area contributed by atoms with Gasteiger partial charge in [-0.05, 0) is 56.2 Å². The van der Waals surface area contributed by atoms with Gasteiger partial charge in [-0.25, -0.2) is 13.4 Å². The summed E-state index contributed by atoms with van der Waals surface area (Å²) >= 11 is 1.32. The summed E-state index contributed by atoms with van der Waals surface area (Å²) in [4.78, 5) is 21.3. The molecule has 0 bridgehead atoms. The molecule has 0 spiro atoms. The number of benzene rings is 1. The van der Waals surface area contributed by atoms with Crippen LogP contribution in [0.1, 0.15) is 36.5 Å². The Kier molecular flexibility index (Phi) is 5.94. The largest absolute Gasteiger partial charge is 0.298 e. The Hall–Kier alpha value is -2.62.